The Hall–Kier alpha value is -3.39. The summed E-state index contributed by atoms with van der Waals surface area (Å²) in [7, 11) is 3.42. The van der Waals surface area contributed by atoms with E-state index >= 15 is 0 Å². The molecule has 4 rings (SSSR count). The van der Waals surface area contributed by atoms with Gasteiger partial charge in [-0.15, -0.1) is 0 Å². The van der Waals surface area contributed by atoms with Crippen LogP contribution >= 0.6 is 0 Å². The third-order valence-corrected chi connectivity index (χ3v) is 5.75. The predicted molar refractivity (Wildman–Crippen MR) is 136 cm³/mol. The summed E-state index contributed by atoms with van der Waals surface area (Å²) in [6.45, 7) is 7.22. The number of carboxylic acids is 1. The number of benzene rings is 2. The van der Waals surface area contributed by atoms with Crippen LogP contribution in [0.3, 0.4) is 0 Å². The van der Waals surface area contributed by atoms with Gasteiger partial charge >= 0.3 is 12.1 Å². The Morgan fingerprint density at radius 1 is 1.11 bits per heavy atom. The molecule has 192 valence electrons. The average molecular weight is 487 g/mol. The van der Waals surface area contributed by atoms with Gasteiger partial charge in [-0.1, -0.05) is 48.5 Å². The lowest BCUT2D eigenvalue weighted by molar-refractivity contribution is -0.141. The summed E-state index contributed by atoms with van der Waals surface area (Å²) in [6.07, 6.45) is 1.45. The summed E-state index contributed by atoms with van der Waals surface area (Å²) in [5, 5.41) is 11.0. The van der Waals surface area contributed by atoms with Crippen molar-refractivity contribution in [3.63, 3.8) is 0 Å². The highest BCUT2D eigenvalue weighted by Gasteiger charge is 2.29. The number of likely N-dealkylation sites (N-methyl/N-ethyl adjacent to an activating group) is 1. The van der Waals surface area contributed by atoms with E-state index in [4.69, 9.17) is 9.84 Å². The van der Waals surface area contributed by atoms with E-state index in [1.54, 1.807) is 7.05 Å². The Bertz CT molecular complexity index is 962. The molecule has 0 unspecified atom stereocenters. The molecule has 0 aromatic heterocycles. The molecular formula is C27H38N2O6. The molecule has 1 saturated heterocycles. The third-order valence-electron chi connectivity index (χ3n) is 5.75. The fourth-order valence-electron chi connectivity index (χ4n) is 4.04. The minimum absolute atomic E-state index is 0. The Kier molecular flexibility index (Phi) is 10.3. The molecule has 1 amide bonds. The van der Waals surface area contributed by atoms with Crippen LogP contribution in [0.5, 0.6) is 0 Å². The van der Waals surface area contributed by atoms with Gasteiger partial charge in [-0.05, 0) is 69.5 Å². The zero-order chi connectivity index (χ0) is 26.0. The first-order valence-corrected chi connectivity index (χ1v) is 11.7. The number of nitrogens with one attached hydrogen (secondary N) is 1. The van der Waals surface area contributed by atoms with Crippen LogP contribution in [0.2, 0.25) is 0 Å². The van der Waals surface area contributed by atoms with Crippen LogP contribution in [-0.4, -0.2) is 67.4 Å². The number of nitrogens with zero attached hydrogens (tertiary/aromatic N) is 1. The Morgan fingerprint density at radius 3 is 2.00 bits per heavy atom. The fraction of sp³-hybridized carbons (Fsp3) is 0.444. The van der Waals surface area contributed by atoms with Crippen LogP contribution < -0.4 is 5.32 Å². The van der Waals surface area contributed by atoms with Crippen LogP contribution in [-0.2, 0) is 19.1 Å². The number of ether oxygens (including phenoxy) is 2. The maximum Gasteiger partial charge on any atom is 0.406 e. The van der Waals surface area contributed by atoms with E-state index in [9.17, 15) is 14.4 Å². The van der Waals surface area contributed by atoms with Gasteiger partial charge in [0.1, 0.15) is 18.2 Å². The lowest BCUT2D eigenvalue weighted by Gasteiger charge is -2.14. The van der Waals surface area contributed by atoms with E-state index in [1.165, 1.54) is 22.3 Å². The van der Waals surface area contributed by atoms with Gasteiger partial charge in [0.15, 0.2) is 0 Å². The Morgan fingerprint density at radius 2 is 1.66 bits per heavy atom. The van der Waals surface area contributed by atoms with Gasteiger partial charge in [0, 0.05) is 14.4 Å². The quantitative estimate of drug-likeness (QED) is 0.612. The molecule has 35 heavy (non-hydrogen) atoms. The summed E-state index contributed by atoms with van der Waals surface area (Å²) >= 11 is 0. The van der Waals surface area contributed by atoms with Crippen molar-refractivity contribution in [1.82, 2.24) is 10.2 Å². The maximum absolute atomic E-state index is 11.3. The van der Waals surface area contributed by atoms with Crippen LogP contribution in [0.1, 0.15) is 52.1 Å². The number of carboxylic acid groups (broad SMARTS) is 1. The van der Waals surface area contributed by atoms with Crippen molar-refractivity contribution in [1.29, 1.82) is 0 Å². The molecule has 0 radical (unpaired) electrons. The summed E-state index contributed by atoms with van der Waals surface area (Å²) < 4.78 is 9.79. The summed E-state index contributed by atoms with van der Waals surface area (Å²) in [4.78, 5) is 33.1. The SMILES string of the molecule is CC(C)(C)OC=O.CN1CCC[C@H]1C(=O)O.CNC(=O)OCC1c2ccccc2-c2ccccc21.[HH]. The third kappa shape index (κ3) is 8.10. The van der Waals surface area contributed by atoms with Gasteiger partial charge in [-0.25, -0.2) is 4.79 Å². The number of hydrogen-bond acceptors (Lipinski definition) is 6. The van der Waals surface area contributed by atoms with Gasteiger partial charge in [-0.2, -0.15) is 0 Å². The zero-order valence-corrected chi connectivity index (χ0v) is 21.1. The average Bonchev–Trinajstić information content (AvgIpc) is 3.39. The topological polar surface area (TPSA) is 105 Å². The second-order valence-corrected chi connectivity index (χ2v) is 9.38. The molecule has 2 N–H and O–H groups in total. The van der Waals surface area contributed by atoms with Crippen molar-refractivity contribution in [3.8, 4) is 11.1 Å². The number of amides is 1. The molecule has 1 atom stereocenters. The smallest absolute Gasteiger partial charge is 0.406 e. The highest BCUT2D eigenvalue weighted by Crippen LogP contribution is 2.44. The number of carbonyl (C=O) groups excluding carboxylic acids is 2. The highest BCUT2D eigenvalue weighted by molar-refractivity contribution is 5.79. The molecule has 2 aromatic rings. The minimum Gasteiger partial charge on any atom is -0.480 e. The van der Waals surface area contributed by atoms with E-state index in [2.05, 4.69) is 34.3 Å². The number of likely N-dealkylation sites (tertiary alicyclic amines) is 1. The molecule has 0 bridgehead atoms. The van der Waals surface area contributed by atoms with Gasteiger partial charge < -0.3 is 19.9 Å². The number of rotatable bonds is 4. The standard InChI is InChI=1S/C16H15NO2.C6H11NO2.C5H10O2.H2/c1-17-16(18)19-10-15-13-8-4-2-6-11(13)12-7-3-5-9-14(12)15;1-7-4-2-3-5(7)6(8)9;1-5(2,3)7-4-6;/h2-9,15H,10H2,1H3,(H,17,18);5H,2-4H2,1H3,(H,8,9);4H,1-3H3;1H/t;5-;;/m.0../s1. The van der Waals surface area contributed by atoms with Crippen molar-refractivity contribution >= 4 is 18.5 Å². The first-order valence-electron chi connectivity index (χ1n) is 11.7. The second kappa shape index (κ2) is 12.9. The zero-order valence-electron chi connectivity index (χ0n) is 21.1. The Labute approximate surface area is 208 Å². The normalized spacial score (nSPS) is 16.4. The van der Waals surface area contributed by atoms with Crippen molar-refractivity contribution in [2.75, 3.05) is 27.2 Å². The molecule has 1 aliphatic heterocycles. The monoisotopic (exact) mass is 486 g/mol. The molecule has 1 heterocycles. The molecule has 1 fully saturated rings. The van der Waals surface area contributed by atoms with E-state index in [-0.39, 0.29) is 25.1 Å². The molecule has 0 saturated carbocycles. The molecule has 2 aromatic carbocycles. The van der Waals surface area contributed by atoms with Crippen LogP contribution in [0.15, 0.2) is 48.5 Å². The van der Waals surface area contributed by atoms with E-state index in [0.717, 1.165) is 19.4 Å². The summed E-state index contributed by atoms with van der Waals surface area (Å²) in [5.74, 6) is -0.556. The maximum atomic E-state index is 11.3. The minimum atomic E-state index is -0.685. The molecule has 8 heteroatoms. The van der Waals surface area contributed by atoms with Crippen molar-refractivity contribution in [2.24, 2.45) is 0 Å². The van der Waals surface area contributed by atoms with Gasteiger partial charge in [-0.3, -0.25) is 14.5 Å². The molecular weight excluding hydrogens is 448 g/mol. The Balaban J connectivity index is 0.000000320. The van der Waals surface area contributed by atoms with Crippen molar-refractivity contribution in [2.45, 2.75) is 51.2 Å². The van der Waals surface area contributed by atoms with Crippen molar-refractivity contribution < 1.29 is 30.4 Å². The lowest BCUT2D eigenvalue weighted by atomic mass is 9.98. The van der Waals surface area contributed by atoms with Crippen LogP contribution in [0.4, 0.5) is 4.79 Å². The van der Waals surface area contributed by atoms with E-state index < -0.39 is 5.97 Å². The number of aliphatic carboxylic acids is 1. The molecule has 1 aliphatic carbocycles. The molecule has 0 spiro atoms. The van der Waals surface area contributed by atoms with Gasteiger partial charge in [0.05, 0.1) is 0 Å². The summed E-state index contributed by atoms with van der Waals surface area (Å²) in [6, 6.07) is 16.4. The first kappa shape index (κ1) is 27.9. The number of hydrogen-bond donors (Lipinski definition) is 2. The number of fused-ring (bicyclic) bond motifs is 3. The fourth-order valence-corrected chi connectivity index (χ4v) is 4.04. The second-order valence-electron chi connectivity index (χ2n) is 9.38. The highest BCUT2D eigenvalue weighted by atomic mass is 16.5. The molecule has 8 nitrogen and oxygen atoms in total. The van der Waals surface area contributed by atoms with Crippen molar-refractivity contribution in [3.05, 3.63) is 59.7 Å². The van der Waals surface area contributed by atoms with Crippen LogP contribution in [0.25, 0.3) is 11.1 Å². The lowest BCUT2D eigenvalue weighted by Crippen LogP contribution is -2.32. The van der Waals surface area contributed by atoms with E-state index in [1.807, 2.05) is 57.0 Å². The predicted octanol–water partition coefficient (Wildman–Crippen LogP) is 4.52. The van der Waals surface area contributed by atoms with Crippen LogP contribution in [0, 0.1) is 0 Å². The largest absolute Gasteiger partial charge is 0.480 e. The molecule has 2 aliphatic rings. The number of alkyl carbamates (subject to hydrolysis) is 1. The number of carbonyl (C=O) groups is 3. The summed E-state index contributed by atoms with van der Waals surface area (Å²) in [5.41, 5.74) is 4.62. The van der Waals surface area contributed by atoms with Gasteiger partial charge in [0.2, 0.25) is 0 Å². The first-order chi connectivity index (χ1) is 16.6. The van der Waals surface area contributed by atoms with E-state index in [0.29, 0.717) is 13.1 Å². The van der Waals surface area contributed by atoms with Gasteiger partial charge in [0.25, 0.3) is 6.47 Å².